The first-order valence-electron chi connectivity index (χ1n) is 8.08. The highest BCUT2D eigenvalue weighted by Gasteiger charge is 2.28. The highest BCUT2D eigenvalue weighted by atomic mass is 15.5. The summed E-state index contributed by atoms with van der Waals surface area (Å²) in [5, 5.41) is 18.3. The molecule has 0 unspecified atom stereocenters. The summed E-state index contributed by atoms with van der Waals surface area (Å²) in [5.41, 5.74) is 2.58. The molecule has 0 radical (unpaired) electrons. The molecule has 1 aliphatic rings. The van der Waals surface area contributed by atoms with E-state index in [-0.39, 0.29) is 0 Å². The smallest absolute Gasteiger partial charge is 0.207 e. The average Bonchev–Trinajstić information content (AvgIpc) is 3.30. The summed E-state index contributed by atoms with van der Waals surface area (Å²) in [4.78, 5) is 3.71. The summed E-state index contributed by atoms with van der Waals surface area (Å²) < 4.78 is 0. The minimum Gasteiger partial charge on any atom is -0.352 e. The zero-order valence-electron chi connectivity index (χ0n) is 13.2. The predicted molar refractivity (Wildman–Crippen MR) is 92.1 cm³/mol. The third-order valence-corrected chi connectivity index (χ3v) is 4.45. The lowest BCUT2D eigenvalue weighted by Gasteiger charge is -2.15. The fraction of sp³-hybridized carbons (Fsp3) is 0.211. The Kier molecular flexibility index (Phi) is 3.72. The Hall–Kier alpha value is -3.13. The standard InChI is InChI=1S/C19H17N5/c20-13-18-19(22-24(21-18)17-9-5-2-6-10-17)23-12-11-16(14-23)15-7-3-1-4-8-15/h1-10,16H,11-12,14H2/t16-/m1/s1. The molecule has 2 heterocycles. The molecule has 118 valence electrons. The first-order valence-corrected chi connectivity index (χ1v) is 8.08. The minimum atomic E-state index is 0.382. The van der Waals surface area contributed by atoms with E-state index in [9.17, 15) is 5.26 Å². The van der Waals surface area contributed by atoms with E-state index in [0.717, 1.165) is 25.2 Å². The van der Waals surface area contributed by atoms with Crippen molar-refractivity contribution in [2.24, 2.45) is 0 Å². The maximum atomic E-state index is 9.43. The lowest BCUT2D eigenvalue weighted by atomic mass is 9.99. The number of hydrogen-bond donors (Lipinski definition) is 0. The predicted octanol–water partition coefficient (Wildman–Crippen LogP) is 3.13. The highest BCUT2D eigenvalue weighted by Crippen LogP contribution is 2.31. The first kappa shape index (κ1) is 14.5. The zero-order valence-corrected chi connectivity index (χ0v) is 13.2. The Bertz CT molecular complexity index is 864. The normalized spacial score (nSPS) is 17.0. The quantitative estimate of drug-likeness (QED) is 0.745. The molecule has 1 atom stereocenters. The van der Waals surface area contributed by atoms with Crippen LogP contribution in [0.15, 0.2) is 60.7 Å². The number of rotatable bonds is 3. The van der Waals surface area contributed by atoms with E-state index in [0.29, 0.717) is 17.4 Å². The van der Waals surface area contributed by atoms with Crippen LogP contribution in [-0.4, -0.2) is 28.1 Å². The van der Waals surface area contributed by atoms with Gasteiger partial charge in [-0.25, -0.2) is 0 Å². The summed E-state index contributed by atoms with van der Waals surface area (Å²) in [5.74, 6) is 1.15. The zero-order chi connectivity index (χ0) is 16.4. The van der Waals surface area contributed by atoms with Crippen molar-refractivity contribution < 1.29 is 0 Å². The number of hydrogen-bond acceptors (Lipinski definition) is 4. The second-order valence-corrected chi connectivity index (χ2v) is 5.95. The van der Waals surface area contributed by atoms with Crippen LogP contribution < -0.4 is 4.90 Å². The van der Waals surface area contributed by atoms with Crippen molar-refractivity contribution in [2.45, 2.75) is 12.3 Å². The van der Waals surface area contributed by atoms with E-state index in [1.54, 1.807) is 4.80 Å². The molecule has 0 spiro atoms. The summed E-state index contributed by atoms with van der Waals surface area (Å²) in [7, 11) is 0. The molecule has 2 aromatic carbocycles. The van der Waals surface area contributed by atoms with Gasteiger partial charge in [-0.15, -0.1) is 15.0 Å². The maximum absolute atomic E-state index is 9.43. The Labute approximate surface area is 140 Å². The molecule has 1 fully saturated rings. The van der Waals surface area contributed by atoms with Crippen LogP contribution in [0.25, 0.3) is 5.69 Å². The molecule has 0 N–H and O–H groups in total. The van der Waals surface area contributed by atoms with Crippen LogP contribution in [0.3, 0.4) is 0 Å². The minimum absolute atomic E-state index is 0.382. The van der Waals surface area contributed by atoms with Crippen molar-refractivity contribution in [1.29, 1.82) is 5.26 Å². The molecule has 4 rings (SSSR count). The van der Waals surface area contributed by atoms with Gasteiger partial charge in [-0.3, -0.25) is 0 Å². The number of aromatic nitrogens is 3. The molecule has 0 bridgehead atoms. The third kappa shape index (κ3) is 2.63. The van der Waals surface area contributed by atoms with Crippen molar-refractivity contribution in [2.75, 3.05) is 18.0 Å². The monoisotopic (exact) mass is 315 g/mol. The van der Waals surface area contributed by atoms with Crippen LogP contribution in [0.2, 0.25) is 0 Å². The Morgan fingerprint density at radius 1 is 0.958 bits per heavy atom. The van der Waals surface area contributed by atoms with Crippen molar-refractivity contribution in [3.05, 3.63) is 71.9 Å². The van der Waals surface area contributed by atoms with E-state index in [4.69, 9.17) is 0 Å². The van der Waals surface area contributed by atoms with Crippen molar-refractivity contribution in [3.63, 3.8) is 0 Å². The maximum Gasteiger partial charge on any atom is 0.207 e. The van der Waals surface area contributed by atoms with Gasteiger partial charge in [0.1, 0.15) is 6.07 Å². The van der Waals surface area contributed by atoms with Crippen LogP contribution in [0.5, 0.6) is 0 Å². The van der Waals surface area contributed by atoms with Gasteiger partial charge in [-0.1, -0.05) is 48.5 Å². The Morgan fingerprint density at radius 3 is 2.38 bits per heavy atom. The van der Waals surface area contributed by atoms with E-state index in [2.05, 4.69) is 45.4 Å². The van der Waals surface area contributed by atoms with Crippen LogP contribution in [-0.2, 0) is 0 Å². The van der Waals surface area contributed by atoms with Gasteiger partial charge in [0, 0.05) is 19.0 Å². The summed E-state index contributed by atoms with van der Waals surface area (Å²) in [6.45, 7) is 1.76. The second-order valence-electron chi connectivity index (χ2n) is 5.95. The van der Waals surface area contributed by atoms with Crippen molar-refractivity contribution in [1.82, 2.24) is 15.0 Å². The van der Waals surface area contributed by atoms with Crippen LogP contribution in [0.1, 0.15) is 23.6 Å². The summed E-state index contributed by atoms with van der Waals surface area (Å²) in [6.07, 6.45) is 1.06. The number of para-hydroxylation sites is 1. The van der Waals surface area contributed by atoms with E-state index >= 15 is 0 Å². The average molecular weight is 315 g/mol. The van der Waals surface area contributed by atoms with Crippen LogP contribution in [0.4, 0.5) is 5.82 Å². The van der Waals surface area contributed by atoms with Gasteiger partial charge >= 0.3 is 0 Å². The molecule has 3 aromatic rings. The van der Waals surface area contributed by atoms with E-state index < -0.39 is 0 Å². The molecule has 1 saturated heterocycles. The summed E-state index contributed by atoms with van der Waals surface area (Å²) in [6, 6.07) is 22.4. The number of anilines is 1. The van der Waals surface area contributed by atoms with Gasteiger partial charge in [0.2, 0.25) is 5.69 Å². The van der Waals surface area contributed by atoms with Crippen LogP contribution in [0, 0.1) is 11.3 Å². The van der Waals surface area contributed by atoms with E-state index in [1.807, 2.05) is 36.4 Å². The van der Waals surface area contributed by atoms with Crippen LogP contribution >= 0.6 is 0 Å². The molecular weight excluding hydrogens is 298 g/mol. The van der Waals surface area contributed by atoms with Gasteiger partial charge in [0.15, 0.2) is 5.82 Å². The molecule has 0 aliphatic carbocycles. The molecular formula is C19H17N5. The van der Waals surface area contributed by atoms with Crippen molar-refractivity contribution in [3.8, 4) is 11.8 Å². The molecule has 0 saturated carbocycles. The lowest BCUT2D eigenvalue weighted by molar-refractivity contribution is 0.741. The first-order chi connectivity index (χ1) is 11.8. The summed E-state index contributed by atoms with van der Waals surface area (Å²) >= 11 is 0. The topological polar surface area (TPSA) is 57.7 Å². The number of benzene rings is 2. The van der Waals surface area contributed by atoms with Gasteiger partial charge in [-0.05, 0) is 24.1 Å². The molecule has 5 nitrogen and oxygen atoms in total. The van der Waals surface area contributed by atoms with E-state index in [1.165, 1.54) is 5.56 Å². The van der Waals surface area contributed by atoms with Gasteiger partial charge < -0.3 is 4.90 Å². The fourth-order valence-electron chi connectivity index (χ4n) is 3.21. The SMILES string of the molecule is N#Cc1nn(-c2ccccc2)nc1N1CC[C@@H](c2ccccc2)C1. The number of nitrogens with zero attached hydrogens (tertiary/aromatic N) is 5. The molecule has 5 heteroatoms. The highest BCUT2D eigenvalue weighted by molar-refractivity contribution is 5.51. The Balaban J connectivity index is 1.61. The third-order valence-electron chi connectivity index (χ3n) is 4.45. The Morgan fingerprint density at radius 2 is 1.67 bits per heavy atom. The fourth-order valence-corrected chi connectivity index (χ4v) is 3.21. The van der Waals surface area contributed by atoms with Gasteiger partial charge in [0.05, 0.1) is 5.69 Å². The number of nitriles is 1. The second kappa shape index (κ2) is 6.17. The molecule has 1 aliphatic heterocycles. The molecule has 24 heavy (non-hydrogen) atoms. The lowest BCUT2D eigenvalue weighted by Crippen LogP contribution is -2.20. The molecule has 1 aromatic heterocycles. The molecule has 0 amide bonds. The largest absolute Gasteiger partial charge is 0.352 e. The van der Waals surface area contributed by atoms with Gasteiger partial charge in [-0.2, -0.15) is 5.26 Å². The van der Waals surface area contributed by atoms with Gasteiger partial charge in [0.25, 0.3) is 0 Å². The van der Waals surface area contributed by atoms with Crippen molar-refractivity contribution >= 4 is 5.82 Å².